The number of benzene rings is 2. The highest BCUT2D eigenvalue weighted by Gasteiger charge is 2.72. The largest absolute Gasteiger partial charge is 0.314 e. The second-order valence-electron chi connectivity index (χ2n) is 11.5. The Morgan fingerprint density at radius 1 is 1.05 bits per heavy atom. The molecule has 0 aromatic heterocycles. The maximum Gasteiger partial charge on any atom is 0.245 e. The van der Waals surface area contributed by atoms with Crippen LogP contribution in [-0.4, -0.2) is 30.0 Å². The summed E-state index contributed by atoms with van der Waals surface area (Å²) in [5.41, 5.74) is -3.43. The first kappa shape index (κ1) is 26.3. The van der Waals surface area contributed by atoms with Crippen LogP contribution in [0.15, 0.2) is 65.2 Å². The van der Waals surface area contributed by atoms with E-state index in [4.69, 9.17) is 16.6 Å². The van der Waals surface area contributed by atoms with Gasteiger partial charge in [-0.3, -0.25) is 14.6 Å². The molecule has 0 saturated heterocycles. The molecule has 2 aliphatic rings. The van der Waals surface area contributed by atoms with E-state index in [0.29, 0.717) is 28.3 Å². The van der Waals surface area contributed by atoms with Crippen molar-refractivity contribution in [2.24, 2.45) is 15.8 Å². The number of halogens is 1. The fraction of sp³-hybridized carbons (Fsp3) is 0.367. The summed E-state index contributed by atoms with van der Waals surface area (Å²) in [5, 5.41) is 21.7. The summed E-state index contributed by atoms with van der Waals surface area (Å²) >= 11 is 6.39. The van der Waals surface area contributed by atoms with E-state index < -0.39 is 28.1 Å². The van der Waals surface area contributed by atoms with Gasteiger partial charge in [-0.2, -0.15) is 10.5 Å². The monoisotopic (exact) mass is 512 g/mol. The van der Waals surface area contributed by atoms with Crippen LogP contribution in [0.5, 0.6) is 0 Å². The van der Waals surface area contributed by atoms with Gasteiger partial charge in [0.1, 0.15) is 5.41 Å². The number of hydrogen-bond acceptors (Lipinski definition) is 5. The summed E-state index contributed by atoms with van der Waals surface area (Å²) in [4.78, 5) is 34.6. The molecule has 0 bridgehead atoms. The Morgan fingerprint density at radius 2 is 1.68 bits per heavy atom. The predicted octanol–water partition coefficient (Wildman–Crippen LogP) is 6.07. The SMILES string of the molecule is CN1C(=O)[C@@]2(C(C(=O)c3ccccc3)=CC(=NC(C)(C)CC(C)(C)C)C2(C#N)C#N)c2cc(Cl)ccc21. The van der Waals surface area contributed by atoms with Gasteiger partial charge in [-0.1, -0.05) is 62.7 Å². The fourth-order valence-electron chi connectivity index (χ4n) is 6.01. The van der Waals surface area contributed by atoms with Gasteiger partial charge in [0.15, 0.2) is 5.78 Å². The normalized spacial score (nSPS) is 21.5. The Bertz CT molecular complexity index is 1440. The number of nitrogens with zero attached hydrogens (tertiary/aromatic N) is 4. The lowest BCUT2D eigenvalue weighted by molar-refractivity contribution is -0.122. The smallest absolute Gasteiger partial charge is 0.245 e. The zero-order valence-corrected chi connectivity index (χ0v) is 22.6. The number of Topliss-reactive ketones (excluding diaryl/α,β-unsaturated/α-hetero) is 1. The lowest BCUT2D eigenvalue weighted by Gasteiger charge is -2.36. The second kappa shape index (κ2) is 8.68. The first-order valence-electron chi connectivity index (χ1n) is 12.1. The van der Waals surface area contributed by atoms with Crippen molar-refractivity contribution >= 4 is 34.7 Å². The molecule has 6 nitrogen and oxygen atoms in total. The average molecular weight is 513 g/mol. The summed E-state index contributed by atoms with van der Waals surface area (Å²) < 4.78 is 0. The first-order chi connectivity index (χ1) is 17.2. The highest BCUT2D eigenvalue weighted by Crippen LogP contribution is 2.60. The van der Waals surface area contributed by atoms with E-state index in [1.807, 2.05) is 13.8 Å². The minimum Gasteiger partial charge on any atom is -0.314 e. The minimum absolute atomic E-state index is 0.0463. The number of amides is 1. The molecule has 4 rings (SSSR count). The molecule has 2 aromatic carbocycles. The predicted molar refractivity (Wildman–Crippen MR) is 145 cm³/mol. The zero-order chi connectivity index (χ0) is 27.4. The molecule has 37 heavy (non-hydrogen) atoms. The van der Waals surface area contributed by atoms with E-state index in [2.05, 4.69) is 32.9 Å². The number of carbonyl (C=O) groups excluding carboxylic acids is 2. The summed E-state index contributed by atoms with van der Waals surface area (Å²) in [6, 6.07) is 17.8. The van der Waals surface area contributed by atoms with Crippen LogP contribution >= 0.6 is 11.6 Å². The van der Waals surface area contributed by atoms with Crippen LogP contribution in [0.1, 0.15) is 57.0 Å². The van der Waals surface area contributed by atoms with E-state index >= 15 is 0 Å². The molecule has 1 aliphatic heterocycles. The van der Waals surface area contributed by atoms with Gasteiger partial charge >= 0.3 is 0 Å². The number of ketones is 1. The molecule has 1 heterocycles. The molecule has 0 fully saturated rings. The maximum atomic E-state index is 14.2. The highest BCUT2D eigenvalue weighted by molar-refractivity contribution is 6.33. The Morgan fingerprint density at radius 3 is 2.24 bits per heavy atom. The number of aliphatic imine (C=N–C) groups is 1. The third-order valence-electron chi connectivity index (χ3n) is 6.98. The van der Waals surface area contributed by atoms with Crippen LogP contribution in [0.3, 0.4) is 0 Å². The quantitative estimate of drug-likeness (QED) is 0.464. The van der Waals surface area contributed by atoms with E-state index in [0.717, 1.165) is 0 Å². The minimum atomic E-state index is -2.08. The van der Waals surface area contributed by atoms with Crippen molar-refractivity contribution in [2.45, 2.75) is 52.0 Å². The van der Waals surface area contributed by atoms with Crippen molar-refractivity contribution < 1.29 is 9.59 Å². The van der Waals surface area contributed by atoms with E-state index in [1.54, 1.807) is 55.6 Å². The summed E-state index contributed by atoms with van der Waals surface area (Å²) in [5.74, 6) is -0.980. The first-order valence-corrected chi connectivity index (χ1v) is 12.4. The van der Waals surface area contributed by atoms with Crippen molar-refractivity contribution in [3.05, 3.63) is 76.3 Å². The average Bonchev–Trinajstić information content (AvgIpc) is 3.22. The molecule has 1 aliphatic carbocycles. The lowest BCUT2D eigenvalue weighted by Crippen LogP contribution is -2.53. The van der Waals surface area contributed by atoms with Crippen LogP contribution in [0.25, 0.3) is 0 Å². The highest BCUT2D eigenvalue weighted by atomic mass is 35.5. The van der Waals surface area contributed by atoms with Gasteiger partial charge in [-0.05, 0) is 50.0 Å². The van der Waals surface area contributed by atoms with Gasteiger partial charge < -0.3 is 4.90 Å². The summed E-state index contributed by atoms with van der Waals surface area (Å²) in [6.45, 7) is 10.1. The molecular weight excluding hydrogens is 484 g/mol. The Kier molecular flexibility index (Phi) is 6.18. The maximum absolute atomic E-state index is 14.2. The van der Waals surface area contributed by atoms with Gasteiger partial charge in [0.05, 0.1) is 23.4 Å². The molecular formula is C30H29ClN4O2. The van der Waals surface area contributed by atoms with Gasteiger partial charge in [-0.15, -0.1) is 0 Å². The standard InChI is InChI=1S/C30H29ClN4O2/c1-27(2,3)16-28(4,5)34-24-15-22(25(36)19-10-8-7-9-11-19)30(29(24,17-32)18-33)21-14-20(31)12-13-23(21)35(6)26(30)37/h7-15H,16H2,1-6H3/t30-/m0/s1. The third-order valence-corrected chi connectivity index (χ3v) is 7.22. The number of hydrogen-bond donors (Lipinski definition) is 0. The number of likely N-dealkylation sites (N-methyl/N-ethyl adjacent to an activating group) is 1. The summed E-state index contributed by atoms with van der Waals surface area (Å²) in [6.07, 6.45) is 2.14. The van der Waals surface area contributed by atoms with Gasteiger partial charge in [0.2, 0.25) is 11.3 Å². The number of nitriles is 2. The van der Waals surface area contributed by atoms with Crippen molar-refractivity contribution in [3.8, 4) is 12.1 Å². The molecule has 0 unspecified atom stereocenters. The molecule has 188 valence electrons. The molecule has 1 spiro atoms. The molecule has 2 aromatic rings. The number of rotatable bonds is 4. The van der Waals surface area contributed by atoms with E-state index in [1.165, 1.54) is 11.0 Å². The Balaban J connectivity index is 2.12. The second-order valence-corrected chi connectivity index (χ2v) is 12.0. The third kappa shape index (κ3) is 3.88. The van der Waals surface area contributed by atoms with Crippen LogP contribution in [0.2, 0.25) is 5.02 Å². The summed E-state index contributed by atoms with van der Waals surface area (Å²) in [7, 11) is 1.58. The van der Waals surface area contributed by atoms with Crippen molar-refractivity contribution in [3.63, 3.8) is 0 Å². The molecule has 0 N–H and O–H groups in total. The number of carbonyl (C=O) groups is 2. The lowest BCUT2D eigenvalue weighted by atomic mass is 9.59. The Labute approximate surface area is 222 Å². The van der Waals surface area contributed by atoms with Gasteiger partial charge in [0, 0.05) is 34.5 Å². The van der Waals surface area contributed by atoms with E-state index in [9.17, 15) is 20.1 Å². The van der Waals surface area contributed by atoms with Gasteiger partial charge in [-0.25, -0.2) is 0 Å². The van der Waals surface area contributed by atoms with Crippen molar-refractivity contribution in [1.29, 1.82) is 10.5 Å². The zero-order valence-electron chi connectivity index (χ0n) is 21.9. The van der Waals surface area contributed by atoms with Crippen LogP contribution in [-0.2, 0) is 10.2 Å². The van der Waals surface area contributed by atoms with Gasteiger partial charge in [0.25, 0.3) is 0 Å². The number of allylic oxidation sites excluding steroid dienone is 1. The van der Waals surface area contributed by atoms with Crippen molar-refractivity contribution in [1.82, 2.24) is 0 Å². The molecule has 0 radical (unpaired) electrons. The Hall–Kier alpha value is -3.74. The van der Waals surface area contributed by atoms with Crippen LogP contribution in [0.4, 0.5) is 5.69 Å². The number of fused-ring (bicyclic) bond motifs is 2. The topological polar surface area (TPSA) is 97.3 Å². The molecule has 7 heteroatoms. The molecule has 0 saturated carbocycles. The van der Waals surface area contributed by atoms with E-state index in [-0.39, 0.29) is 16.7 Å². The van der Waals surface area contributed by atoms with Crippen LogP contribution < -0.4 is 4.90 Å². The molecule has 1 amide bonds. The fourth-order valence-corrected chi connectivity index (χ4v) is 6.19. The molecule has 1 atom stereocenters. The van der Waals surface area contributed by atoms with Crippen molar-refractivity contribution in [2.75, 3.05) is 11.9 Å². The number of anilines is 1. The van der Waals surface area contributed by atoms with Crippen LogP contribution in [0, 0.1) is 33.5 Å².